The molecule has 8 atom stereocenters. The average Bonchev–Trinajstić information content (AvgIpc) is 4.09. The standard InChI is InChI=1S/2C26H31N3O4/c2*1-2-6-19-9-10-22-23-20(16-28(22)25(19)31)21(17-30)24(26(32)27-11-13-33-14-12-27)29(23)15-18-7-4-3-5-8-18/h2*2-10,20-21,23-24,30H,11-17H2,1H3/b6-2+;6-2-/t2*20-,21-,23+,24-/m11/s1. The van der Waals surface area contributed by atoms with E-state index in [9.17, 15) is 29.4 Å². The number of carbonyl (C=O) groups is 2. The fourth-order valence-corrected chi connectivity index (χ4v) is 11.7. The maximum atomic E-state index is 13.8. The van der Waals surface area contributed by atoms with Gasteiger partial charge >= 0.3 is 0 Å². The number of ether oxygens (including phenoxy) is 2. The summed E-state index contributed by atoms with van der Waals surface area (Å²) in [6.07, 6.45) is 7.41. The number of hydrogen-bond acceptors (Lipinski definition) is 10. The van der Waals surface area contributed by atoms with Crippen LogP contribution in [-0.4, -0.2) is 129 Å². The van der Waals surface area contributed by atoms with Gasteiger partial charge < -0.3 is 38.6 Å². The minimum absolute atomic E-state index is 0.00209. The summed E-state index contributed by atoms with van der Waals surface area (Å²) in [5, 5.41) is 21.0. The molecular formula is C52H62N6O8. The number of pyridine rings is 2. The number of hydrogen-bond donors (Lipinski definition) is 2. The lowest BCUT2D eigenvalue weighted by atomic mass is 9.88. The second-order valence-corrected chi connectivity index (χ2v) is 18.2. The summed E-state index contributed by atoms with van der Waals surface area (Å²) in [7, 11) is 0. The molecule has 2 N–H and O–H groups in total. The molecule has 4 fully saturated rings. The maximum Gasteiger partial charge on any atom is 0.258 e. The largest absolute Gasteiger partial charge is 0.396 e. The Hall–Kier alpha value is -5.48. The summed E-state index contributed by atoms with van der Waals surface area (Å²) in [4.78, 5) is 62.0. The number of aliphatic hydroxyl groups is 2. The van der Waals surface area contributed by atoms with Crippen molar-refractivity contribution in [3.63, 3.8) is 0 Å². The third-order valence-corrected chi connectivity index (χ3v) is 14.7. The normalized spacial score (nSPS) is 27.2. The highest BCUT2D eigenvalue weighted by atomic mass is 16.5. The first kappa shape index (κ1) is 45.7. The van der Waals surface area contributed by atoms with Gasteiger partial charge in [-0.15, -0.1) is 0 Å². The van der Waals surface area contributed by atoms with E-state index in [4.69, 9.17) is 9.47 Å². The highest BCUT2D eigenvalue weighted by Gasteiger charge is 2.57. The van der Waals surface area contributed by atoms with E-state index in [-0.39, 0.29) is 71.9 Å². The zero-order valence-electron chi connectivity index (χ0n) is 37.9. The molecule has 4 saturated heterocycles. The molecule has 0 spiro atoms. The minimum atomic E-state index is -0.428. The van der Waals surface area contributed by atoms with Gasteiger partial charge in [0.25, 0.3) is 11.1 Å². The Kier molecular flexibility index (Phi) is 14.0. The number of fused-ring (bicyclic) bond motifs is 6. The number of rotatable bonds is 10. The van der Waals surface area contributed by atoms with E-state index in [0.29, 0.717) is 89.9 Å². The fraction of sp³-hybridized carbons (Fsp3) is 0.462. The molecule has 0 unspecified atom stereocenters. The van der Waals surface area contributed by atoms with Crippen LogP contribution in [0.25, 0.3) is 12.2 Å². The number of morpholine rings is 2. The first-order valence-electron chi connectivity index (χ1n) is 23.5. The predicted molar refractivity (Wildman–Crippen MR) is 251 cm³/mol. The minimum Gasteiger partial charge on any atom is -0.396 e. The van der Waals surface area contributed by atoms with Gasteiger partial charge in [-0.1, -0.05) is 85.0 Å². The van der Waals surface area contributed by atoms with Crippen molar-refractivity contribution in [2.75, 3.05) is 65.8 Å². The zero-order valence-corrected chi connectivity index (χ0v) is 37.9. The molecule has 2 aromatic carbocycles. The van der Waals surface area contributed by atoms with Crippen LogP contribution >= 0.6 is 0 Å². The SMILES string of the molecule is C/C=C/c1ccc2n(c1=O)C[C@@H]1[C@@H](CO)[C@H](C(=O)N3CCOCC3)N(Cc3ccccc3)[C@H]21.C/C=C\c1ccc2n(c1=O)C[C@@H]1[C@@H](CO)[C@H](C(=O)N3CCOCC3)N(Cc3ccccc3)[C@H]21. The summed E-state index contributed by atoms with van der Waals surface area (Å²) >= 11 is 0. The molecule has 0 aliphatic carbocycles. The highest BCUT2D eigenvalue weighted by molar-refractivity contribution is 5.84. The third-order valence-electron chi connectivity index (χ3n) is 14.7. The molecule has 14 heteroatoms. The van der Waals surface area contributed by atoms with Crippen molar-refractivity contribution in [3.8, 4) is 0 Å². The lowest BCUT2D eigenvalue weighted by Crippen LogP contribution is -2.52. The molecule has 6 aliphatic rings. The van der Waals surface area contributed by atoms with E-state index in [0.717, 1.165) is 22.5 Å². The smallest absolute Gasteiger partial charge is 0.258 e. The number of carbonyl (C=O) groups excluding carboxylic acids is 2. The van der Waals surface area contributed by atoms with Gasteiger partial charge in [0.15, 0.2) is 0 Å². The first-order valence-corrected chi connectivity index (χ1v) is 23.5. The Balaban J connectivity index is 0.000000166. The molecule has 4 aromatic rings. The lowest BCUT2D eigenvalue weighted by Gasteiger charge is -2.36. The van der Waals surface area contributed by atoms with Gasteiger partial charge in [-0.2, -0.15) is 0 Å². The van der Waals surface area contributed by atoms with Gasteiger partial charge in [0.1, 0.15) is 0 Å². The van der Waals surface area contributed by atoms with Crippen molar-refractivity contribution in [1.82, 2.24) is 28.7 Å². The number of aliphatic hydroxyl groups excluding tert-OH is 2. The van der Waals surface area contributed by atoms with E-state index in [2.05, 4.69) is 34.1 Å². The summed E-state index contributed by atoms with van der Waals surface area (Å²) in [6.45, 7) is 10.3. The number of nitrogens with zero attached hydrogens (tertiary/aromatic N) is 6. The summed E-state index contributed by atoms with van der Waals surface area (Å²) in [6, 6.07) is 27.0. The van der Waals surface area contributed by atoms with Crippen LogP contribution < -0.4 is 11.1 Å². The van der Waals surface area contributed by atoms with Crippen LogP contribution in [0.5, 0.6) is 0 Å². The van der Waals surface area contributed by atoms with Crippen LogP contribution in [0.2, 0.25) is 0 Å². The monoisotopic (exact) mass is 898 g/mol. The Morgan fingerprint density at radius 2 is 0.955 bits per heavy atom. The molecule has 0 saturated carbocycles. The van der Waals surface area contributed by atoms with Crippen molar-refractivity contribution in [2.45, 2.75) is 64.2 Å². The van der Waals surface area contributed by atoms with Crippen LogP contribution in [0.15, 0.2) is 107 Å². The van der Waals surface area contributed by atoms with Gasteiger partial charge in [-0.25, -0.2) is 0 Å². The molecule has 14 nitrogen and oxygen atoms in total. The predicted octanol–water partition coefficient (Wildman–Crippen LogP) is 3.81. The van der Waals surface area contributed by atoms with Gasteiger partial charge in [-0.3, -0.25) is 29.0 Å². The van der Waals surface area contributed by atoms with E-state index >= 15 is 0 Å². The number of allylic oxidation sites excluding steroid dienone is 2. The second kappa shape index (κ2) is 20.2. The molecule has 6 aliphatic heterocycles. The Labute approximate surface area is 386 Å². The molecular weight excluding hydrogens is 837 g/mol. The van der Waals surface area contributed by atoms with Crippen LogP contribution in [-0.2, 0) is 45.2 Å². The Bertz CT molecular complexity index is 2360. The highest BCUT2D eigenvalue weighted by Crippen LogP contribution is 2.51. The van der Waals surface area contributed by atoms with Crippen LogP contribution in [0, 0.1) is 23.7 Å². The summed E-state index contributed by atoms with van der Waals surface area (Å²) in [5.74, 6) is -0.356. The van der Waals surface area contributed by atoms with E-state index in [1.54, 1.807) is 0 Å². The number of likely N-dealkylation sites (tertiary alicyclic amines) is 2. The number of aromatic nitrogens is 2. The van der Waals surface area contributed by atoms with Crippen LogP contribution in [0.1, 0.15) is 59.6 Å². The van der Waals surface area contributed by atoms with E-state index < -0.39 is 12.1 Å². The molecule has 2 amide bonds. The van der Waals surface area contributed by atoms with Crippen molar-refractivity contribution >= 4 is 24.0 Å². The molecule has 2 aromatic heterocycles. The van der Waals surface area contributed by atoms with Gasteiger partial charge in [0, 0.05) is 112 Å². The van der Waals surface area contributed by atoms with Gasteiger partial charge in [0.2, 0.25) is 11.8 Å². The van der Waals surface area contributed by atoms with E-state index in [1.807, 2.05) is 118 Å². The van der Waals surface area contributed by atoms with E-state index in [1.165, 1.54) is 0 Å². The van der Waals surface area contributed by atoms with Crippen LogP contribution in [0.4, 0.5) is 0 Å². The zero-order chi connectivity index (χ0) is 45.9. The topological polar surface area (TPSA) is 150 Å². The number of benzene rings is 2. The second-order valence-electron chi connectivity index (χ2n) is 18.2. The maximum absolute atomic E-state index is 13.8. The Morgan fingerprint density at radius 1 is 0.576 bits per heavy atom. The first-order chi connectivity index (χ1) is 32.3. The molecule has 8 heterocycles. The lowest BCUT2D eigenvalue weighted by molar-refractivity contribution is -0.143. The van der Waals surface area contributed by atoms with Crippen molar-refractivity contribution in [1.29, 1.82) is 0 Å². The number of amides is 2. The average molecular weight is 899 g/mol. The van der Waals surface area contributed by atoms with Crippen molar-refractivity contribution in [2.24, 2.45) is 23.7 Å². The van der Waals surface area contributed by atoms with Crippen molar-refractivity contribution in [3.05, 3.63) is 151 Å². The van der Waals surface area contributed by atoms with Gasteiger partial charge in [-0.05, 0) is 49.2 Å². The third kappa shape index (κ3) is 8.55. The summed E-state index contributed by atoms with van der Waals surface area (Å²) in [5.41, 5.74) is 5.41. The molecule has 0 bridgehead atoms. The molecule has 10 rings (SSSR count). The molecule has 66 heavy (non-hydrogen) atoms. The molecule has 0 radical (unpaired) electrons. The van der Waals surface area contributed by atoms with Crippen LogP contribution in [0.3, 0.4) is 0 Å². The fourth-order valence-electron chi connectivity index (χ4n) is 11.7. The van der Waals surface area contributed by atoms with Crippen molar-refractivity contribution < 1.29 is 29.3 Å². The quantitative estimate of drug-likeness (QED) is 0.241. The summed E-state index contributed by atoms with van der Waals surface area (Å²) < 4.78 is 14.6. The van der Waals surface area contributed by atoms with Gasteiger partial charge in [0.05, 0.1) is 50.6 Å². The molecule has 348 valence electrons. The Morgan fingerprint density at radius 3 is 1.30 bits per heavy atom.